The molecular formula is C18H20N2O. The van der Waals surface area contributed by atoms with Gasteiger partial charge in [0, 0.05) is 12.7 Å². The van der Waals surface area contributed by atoms with Crippen LogP contribution in [0.1, 0.15) is 16.7 Å². The van der Waals surface area contributed by atoms with Gasteiger partial charge in [0.2, 0.25) is 0 Å². The van der Waals surface area contributed by atoms with E-state index in [1.807, 2.05) is 12.1 Å². The molecule has 2 aromatic rings. The summed E-state index contributed by atoms with van der Waals surface area (Å²) >= 11 is 0. The molecule has 3 nitrogen and oxygen atoms in total. The number of rotatable bonds is 5. The summed E-state index contributed by atoms with van der Waals surface area (Å²) in [7, 11) is 2.07. The van der Waals surface area contributed by atoms with Crippen molar-refractivity contribution < 1.29 is 4.74 Å². The van der Waals surface area contributed by atoms with Crippen molar-refractivity contribution >= 4 is 5.69 Å². The Bertz CT molecular complexity index is 641. The van der Waals surface area contributed by atoms with E-state index in [4.69, 9.17) is 10.00 Å². The number of ether oxygens (including phenoxy) is 1. The monoisotopic (exact) mass is 280 g/mol. The molecule has 0 bridgehead atoms. The zero-order valence-corrected chi connectivity index (χ0v) is 12.8. The minimum Gasteiger partial charge on any atom is -0.492 e. The molecule has 0 fully saturated rings. The van der Waals surface area contributed by atoms with Gasteiger partial charge in [0.25, 0.3) is 0 Å². The fraction of sp³-hybridized carbons (Fsp3) is 0.278. The van der Waals surface area contributed by atoms with Crippen molar-refractivity contribution in [1.82, 2.24) is 0 Å². The molecule has 0 N–H and O–H groups in total. The molecule has 0 atom stereocenters. The molecule has 0 spiro atoms. The molecule has 2 rings (SSSR count). The quantitative estimate of drug-likeness (QED) is 0.838. The SMILES string of the molecule is Cc1ccc(N(C)CCOc2ccc(C#N)cc2)c(C)c1. The Hall–Kier alpha value is -2.47. The highest BCUT2D eigenvalue weighted by atomic mass is 16.5. The van der Waals surface area contributed by atoms with Gasteiger partial charge in [0.1, 0.15) is 12.4 Å². The van der Waals surface area contributed by atoms with Crippen molar-refractivity contribution in [3.05, 3.63) is 59.2 Å². The van der Waals surface area contributed by atoms with Gasteiger partial charge in [-0.05, 0) is 49.7 Å². The van der Waals surface area contributed by atoms with Gasteiger partial charge in [-0.3, -0.25) is 0 Å². The first-order chi connectivity index (χ1) is 10.1. The lowest BCUT2D eigenvalue weighted by molar-refractivity contribution is 0.326. The summed E-state index contributed by atoms with van der Waals surface area (Å²) in [6.45, 7) is 5.64. The lowest BCUT2D eigenvalue weighted by Gasteiger charge is -2.21. The molecule has 0 unspecified atom stereocenters. The second-order valence-electron chi connectivity index (χ2n) is 5.20. The van der Waals surface area contributed by atoms with Crippen LogP contribution in [0.3, 0.4) is 0 Å². The zero-order valence-electron chi connectivity index (χ0n) is 12.8. The predicted molar refractivity (Wildman–Crippen MR) is 85.8 cm³/mol. The van der Waals surface area contributed by atoms with Crippen molar-refractivity contribution in [3.8, 4) is 11.8 Å². The molecule has 0 aliphatic carbocycles. The number of nitriles is 1. The summed E-state index contributed by atoms with van der Waals surface area (Å²) in [6.07, 6.45) is 0. The van der Waals surface area contributed by atoms with Crippen LogP contribution in [0.5, 0.6) is 5.75 Å². The maximum atomic E-state index is 8.75. The first-order valence-electron chi connectivity index (χ1n) is 7.01. The highest BCUT2D eigenvalue weighted by molar-refractivity contribution is 5.53. The summed E-state index contributed by atoms with van der Waals surface area (Å²) in [5.74, 6) is 0.794. The number of aryl methyl sites for hydroxylation is 2. The molecule has 2 aromatic carbocycles. The summed E-state index contributed by atoms with van der Waals surface area (Å²) in [6, 6.07) is 15.7. The van der Waals surface area contributed by atoms with Crippen molar-refractivity contribution in [2.45, 2.75) is 13.8 Å². The normalized spacial score (nSPS) is 10.0. The Morgan fingerprint density at radius 2 is 1.81 bits per heavy atom. The Morgan fingerprint density at radius 1 is 1.10 bits per heavy atom. The average molecular weight is 280 g/mol. The van der Waals surface area contributed by atoms with Crippen molar-refractivity contribution in [1.29, 1.82) is 5.26 Å². The molecule has 0 saturated carbocycles. The van der Waals surface area contributed by atoms with Crippen LogP contribution in [0, 0.1) is 25.2 Å². The third-order valence-corrected chi connectivity index (χ3v) is 3.44. The van der Waals surface area contributed by atoms with Crippen LogP contribution in [0.2, 0.25) is 0 Å². The lowest BCUT2D eigenvalue weighted by Crippen LogP contribution is -2.24. The smallest absolute Gasteiger partial charge is 0.119 e. The summed E-state index contributed by atoms with van der Waals surface area (Å²) in [5, 5.41) is 8.75. The molecule has 3 heteroatoms. The van der Waals surface area contributed by atoms with E-state index in [0.717, 1.165) is 12.3 Å². The number of likely N-dealkylation sites (N-methyl/N-ethyl adjacent to an activating group) is 1. The van der Waals surface area contributed by atoms with E-state index in [0.29, 0.717) is 12.2 Å². The third-order valence-electron chi connectivity index (χ3n) is 3.44. The van der Waals surface area contributed by atoms with Crippen molar-refractivity contribution in [2.75, 3.05) is 25.1 Å². The number of nitrogens with zero attached hydrogens (tertiary/aromatic N) is 2. The van der Waals surface area contributed by atoms with Gasteiger partial charge in [0.05, 0.1) is 18.2 Å². The fourth-order valence-electron chi connectivity index (χ4n) is 2.28. The zero-order chi connectivity index (χ0) is 15.2. The maximum absolute atomic E-state index is 8.75. The second kappa shape index (κ2) is 6.81. The van der Waals surface area contributed by atoms with E-state index < -0.39 is 0 Å². The highest BCUT2D eigenvalue weighted by Gasteiger charge is 2.05. The molecule has 0 heterocycles. The number of anilines is 1. The predicted octanol–water partition coefficient (Wildman–Crippen LogP) is 3.69. The minimum absolute atomic E-state index is 0.607. The lowest BCUT2D eigenvalue weighted by atomic mass is 10.1. The van der Waals surface area contributed by atoms with Crippen LogP contribution in [0.4, 0.5) is 5.69 Å². The van der Waals surface area contributed by atoms with Gasteiger partial charge in [-0.1, -0.05) is 17.7 Å². The van der Waals surface area contributed by atoms with Gasteiger partial charge in [0.15, 0.2) is 0 Å². The van der Waals surface area contributed by atoms with Crippen LogP contribution in [0.15, 0.2) is 42.5 Å². The third kappa shape index (κ3) is 4.00. The number of hydrogen-bond donors (Lipinski definition) is 0. The number of hydrogen-bond acceptors (Lipinski definition) is 3. The van der Waals surface area contributed by atoms with Gasteiger partial charge >= 0.3 is 0 Å². The number of benzene rings is 2. The van der Waals surface area contributed by atoms with Crippen LogP contribution in [-0.2, 0) is 0 Å². The summed E-state index contributed by atoms with van der Waals surface area (Å²) in [4.78, 5) is 2.19. The molecular weight excluding hydrogens is 260 g/mol. The van der Waals surface area contributed by atoms with E-state index in [9.17, 15) is 0 Å². The van der Waals surface area contributed by atoms with E-state index in [-0.39, 0.29) is 0 Å². The van der Waals surface area contributed by atoms with Gasteiger partial charge in [-0.25, -0.2) is 0 Å². The van der Waals surface area contributed by atoms with Crippen LogP contribution >= 0.6 is 0 Å². The van der Waals surface area contributed by atoms with E-state index in [1.54, 1.807) is 12.1 Å². The Labute approximate surface area is 126 Å². The summed E-state index contributed by atoms with van der Waals surface area (Å²) < 4.78 is 5.71. The van der Waals surface area contributed by atoms with Gasteiger partial charge in [-0.15, -0.1) is 0 Å². The molecule has 0 aromatic heterocycles. The van der Waals surface area contributed by atoms with Crippen LogP contribution < -0.4 is 9.64 Å². The molecule has 0 saturated heterocycles. The average Bonchev–Trinajstić information content (AvgIpc) is 2.47. The minimum atomic E-state index is 0.607. The first kappa shape index (κ1) is 14.9. The Morgan fingerprint density at radius 3 is 2.43 bits per heavy atom. The van der Waals surface area contributed by atoms with E-state index in [2.05, 4.69) is 50.1 Å². The molecule has 0 aliphatic rings. The summed E-state index contributed by atoms with van der Waals surface area (Å²) in [5.41, 5.74) is 4.42. The maximum Gasteiger partial charge on any atom is 0.119 e. The molecule has 108 valence electrons. The first-order valence-corrected chi connectivity index (χ1v) is 7.01. The standard InChI is InChI=1S/C18H20N2O/c1-14-4-9-18(15(2)12-14)20(3)10-11-21-17-7-5-16(13-19)6-8-17/h4-9,12H,10-11H2,1-3H3. The molecule has 0 radical (unpaired) electrons. The Kier molecular flexibility index (Phi) is 4.84. The molecule has 0 aliphatic heterocycles. The molecule has 21 heavy (non-hydrogen) atoms. The van der Waals surface area contributed by atoms with Crippen molar-refractivity contribution in [2.24, 2.45) is 0 Å². The van der Waals surface area contributed by atoms with Crippen molar-refractivity contribution in [3.63, 3.8) is 0 Å². The van der Waals surface area contributed by atoms with Gasteiger partial charge < -0.3 is 9.64 Å². The van der Waals surface area contributed by atoms with Crippen LogP contribution in [0.25, 0.3) is 0 Å². The van der Waals surface area contributed by atoms with Gasteiger partial charge in [-0.2, -0.15) is 5.26 Å². The van der Waals surface area contributed by atoms with E-state index in [1.165, 1.54) is 16.8 Å². The topological polar surface area (TPSA) is 36.3 Å². The Balaban J connectivity index is 1.89. The fourth-order valence-corrected chi connectivity index (χ4v) is 2.28. The second-order valence-corrected chi connectivity index (χ2v) is 5.20. The molecule has 0 amide bonds. The highest BCUT2D eigenvalue weighted by Crippen LogP contribution is 2.19. The van der Waals surface area contributed by atoms with Crippen LogP contribution in [-0.4, -0.2) is 20.2 Å². The van der Waals surface area contributed by atoms with E-state index >= 15 is 0 Å². The largest absolute Gasteiger partial charge is 0.492 e.